The average molecular weight is 521 g/mol. The van der Waals surface area contributed by atoms with Crippen LogP contribution in [0.1, 0.15) is 23.5 Å². The highest BCUT2D eigenvalue weighted by Crippen LogP contribution is 2.31. The number of rotatable bonds is 12. The molecule has 4 aromatic rings. The minimum atomic E-state index is -0.846. The number of carboxylic acid groups (broad SMARTS) is 1. The minimum Gasteiger partial charge on any atom is -0.493 e. The first-order chi connectivity index (χ1) is 18.0. The van der Waals surface area contributed by atoms with Gasteiger partial charge in [-0.2, -0.15) is 0 Å². The molecule has 0 radical (unpaired) electrons. The fourth-order valence-electron chi connectivity index (χ4n) is 3.72. The fraction of sp³-hybridized carbons (Fsp3) is 0.167. The number of hydrogen-bond acceptors (Lipinski definition) is 4. The quantitative estimate of drug-likeness (QED) is 0.196. The molecule has 4 aromatic carbocycles. The minimum absolute atomic E-state index is 0.331. The predicted molar refractivity (Wildman–Crippen MR) is 140 cm³/mol. The molecule has 190 valence electrons. The van der Waals surface area contributed by atoms with E-state index < -0.39 is 11.9 Å². The molecule has 0 saturated heterocycles. The molecule has 0 aromatic heterocycles. The van der Waals surface area contributed by atoms with Crippen LogP contribution in [0, 0.1) is 5.82 Å². The van der Waals surface area contributed by atoms with Crippen molar-refractivity contribution in [2.75, 3.05) is 13.2 Å². The molecule has 0 saturated carbocycles. The summed E-state index contributed by atoms with van der Waals surface area (Å²) >= 11 is 6.31. The summed E-state index contributed by atoms with van der Waals surface area (Å²) in [5, 5.41) is 10.0. The van der Waals surface area contributed by atoms with Crippen molar-refractivity contribution in [2.45, 2.75) is 18.8 Å². The van der Waals surface area contributed by atoms with Gasteiger partial charge in [-0.15, -0.1) is 0 Å². The zero-order valence-electron chi connectivity index (χ0n) is 20.0. The highest BCUT2D eigenvalue weighted by atomic mass is 35.5. The third-order valence-corrected chi connectivity index (χ3v) is 5.93. The summed E-state index contributed by atoms with van der Waals surface area (Å²) in [4.78, 5) is 11.7. The Balaban J connectivity index is 1.20. The Labute approximate surface area is 220 Å². The van der Waals surface area contributed by atoms with Crippen LogP contribution >= 0.6 is 11.6 Å². The number of carboxylic acids is 1. The van der Waals surface area contributed by atoms with Crippen molar-refractivity contribution in [3.8, 4) is 23.0 Å². The van der Waals surface area contributed by atoms with E-state index >= 15 is 0 Å². The van der Waals surface area contributed by atoms with Gasteiger partial charge in [0.2, 0.25) is 0 Å². The van der Waals surface area contributed by atoms with Crippen molar-refractivity contribution >= 4 is 17.6 Å². The van der Waals surface area contributed by atoms with Crippen LogP contribution in [0.4, 0.5) is 4.39 Å². The smallest absolute Gasteiger partial charge is 0.311 e. The van der Waals surface area contributed by atoms with Crippen molar-refractivity contribution in [3.05, 3.63) is 119 Å². The van der Waals surface area contributed by atoms with Gasteiger partial charge < -0.3 is 19.3 Å². The highest BCUT2D eigenvalue weighted by Gasteiger charge is 2.20. The number of aliphatic carboxylic acids is 1. The van der Waals surface area contributed by atoms with Crippen LogP contribution in [0.5, 0.6) is 23.0 Å². The Morgan fingerprint density at radius 1 is 0.811 bits per heavy atom. The molecule has 0 aliphatic carbocycles. The van der Waals surface area contributed by atoms with E-state index in [0.717, 1.165) is 11.1 Å². The van der Waals surface area contributed by atoms with Gasteiger partial charge in [0.1, 0.15) is 28.8 Å². The predicted octanol–water partition coefficient (Wildman–Crippen LogP) is 7.53. The standard InChI is InChI=1S/C30H26ClFO5/c31-28-20-26(37-25-13-9-23(32)10-14-25)15-16-29(28)36-18-4-17-35-24-11-7-21(8-12-24)19-27(30(33)34)22-5-2-1-3-6-22/h1-3,5-16,20,27H,4,17-19H2,(H,33,34). The number of benzene rings is 4. The topological polar surface area (TPSA) is 65.0 Å². The van der Waals surface area contributed by atoms with Gasteiger partial charge in [0, 0.05) is 12.5 Å². The van der Waals surface area contributed by atoms with E-state index in [0.29, 0.717) is 54.1 Å². The van der Waals surface area contributed by atoms with Gasteiger partial charge in [0.15, 0.2) is 0 Å². The number of halogens is 2. The van der Waals surface area contributed by atoms with E-state index in [1.54, 1.807) is 30.3 Å². The van der Waals surface area contributed by atoms with Gasteiger partial charge >= 0.3 is 5.97 Å². The van der Waals surface area contributed by atoms with Crippen molar-refractivity contribution in [1.29, 1.82) is 0 Å². The monoisotopic (exact) mass is 520 g/mol. The zero-order chi connectivity index (χ0) is 26.0. The van der Waals surface area contributed by atoms with Crippen LogP contribution in [-0.4, -0.2) is 24.3 Å². The highest BCUT2D eigenvalue weighted by molar-refractivity contribution is 6.32. The van der Waals surface area contributed by atoms with E-state index in [-0.39, 0.29) is 5.82 Å². The third-order valence-electron chi connectivity index (χ3n) is 5.63. The molecule has 0 aliphatic rings. The van der Waals surface area contributed by atoms with Crippen LogP contribution < -0.4 is 14.2 Å². The first kappa shape index (κ1) is 26.0. The Bertz CT molecular complexity index is 1290. The maximum Gasteiger partial charge on any atom is 0.311 e. The largest absolute Gasteiger partial charge is 0.493 e. The van der Waals surface area contributed by atoms with Crippen LogP contribution in [-0.2, 0) is 11.2 Å². The second kappa shape index (κ2) is 12.8. The normalized spacial score (nSPS) is 11.5. The molecule has 1 N–H and O–H groups in total. The summed E-state index contributed by atoms with van der Waals surface area (Å²) < 4.78 is 30.2. The first-order valence-corrected chi connectivity index (χ1v) is 12.2. The molecular weight excluding hydrogens is 495 g/mol. The van der Waals surface area contributed by atoms with Gasteiger partial charge in [-0.25, -0.2) is 4.39 Å². The number of hydrogen-bond donors (Lipinski definition) is 1. The lowest BCUT2D eigenvalue weighted by Gasteiger charge is -2.13. The lowest BCUT2D eigenvalue weighted by Crippen LogP contribution is -2.14. The summed E-state index contributed by atoms with van der Waals surface area (Å²) in [6.45, 7) is 0.859. The number of carbonyl (C=O) groups is 1. The second-order valence-corrected chi connectivity index (χ2v) is 8.76. The molecular formula is C30H26ClFO5. The van der Waals surface area contributed by atoms with E-state index in [1.165, 1.54) is 12.1 Å². The third kappa shape index (κ3) is 7.72. The molecule has 0 bridgehead atoms. The summed E-state index contributed by atoms with van der Waals surface area (Å²) in [5.41, 5.74) is 1.71. The Kier molecular flexibility index (Phi) is 9.00. The van der Waals surface area contributed by atoms with E-state index in [1.807, 2.05) is 54.6 Å². The molecule has 0 fully saturated rings. The lowest BCUT2D eigenvalue weighted by molar-refractivity contribution is -0.138. The van der Waals surface area contributed by atoms with Gasteiger partial charge in [-0.3, -0.25) is 4.79 Å². The Hall–Kier alpha value is -4.03. The van der Waals surface area contributed by atoms with Gasteiger partial charge in [-0.05, 0) is 66.1 Å². The zero-order valence-corrected chi connectivity index (χ0v) is 20.7. The molecule has 0 amide bonds. The summed E-state index contributed by atoms with van der Waals surface area (Å²) in [6.07, 6.45) is 1.04. The second-order valence-electron chi connectivity index (χ2n) is 8.35. The summed E-state index contributed by atoms with van der Waals surface area (Å²) in [7, 11) is 0. The molecule has 7 heteroatoms. The molecule has 5 nitrogen and oxygen atoms in total. The van der Waals surface area contributed by atoms with Crippen LogP contribution in [0.25, 0.3) is 0 Å². The van der Waals surface area contributed by atoms with E-state index in [9.17, 15) is 14.3 Å². The van der Waals surface area contributed by atoms with Crippen molar-refractivity contribution in [2.24, 2.45) is 0 Å². The van der Waals surface area contributed by atoms with Crippen LogP contribution in [0.2, 0.25) is 5.02 Å². The SMILES string of the molecule is O=C(O)C(Cc1ccc(OCCCOc2ccc(Oc3ccc(F)cc3)cc2Cl)cc1)c1ccccc1. The fourth-order valence-corrected chi connectivity index (χ4v) is 3.95. The first-order valence-electron chi connectivity index (χ1n) is 11.8. The lowest BCUT2D eigenvalue weighted by atomic mass is 9.92. The molecule has 0 aliphatic heterocycles. The number of ether oxygens (including phenoxy) is 3. The molecule has 1 unspecified atom stereocenters. The van der Waals surface area contributed by atoms with Crippen LogP contribution in [0.15, 0.2) is 97.1 Å². The maximum atomic E-state index is 13.0. The van der Waals surface area contributed by atoms with Gasteiger partial charge in [0.05, 0.1) is 24.2 Å². The molecule has 1 atom stereocenters. The van der Waals surface area contributed by atoms with E-state index in [4.69, 9.17) is 25.8 Å². The Morgan fingerprint density at radius 3 is 2.14 bits per heavy atom. The van der Waals surface area contributed by atoms with Gasteiger partial charge in [0.25, 0.3) is 0 Å². The maximum absolute atomic E-state index is 13.0. The van der Waals surface area contributed by atoms with Gasteiger partial charge in [-0.1, -0.05) is 54.1 Å². The van der Waals surface area contributed by atoms with Crippen molar-refractivity contribution in [3.63, 3.8) is 0 Å². The van der Waals surface area contributed by atoms with Crippen molar-refractivity contribution < 1.29 is 28.5 Å². The summed E-state index contributed by atoms with van der Waals surface area (Å²) in [5.74, 6) is 0.493. The molecule has 0 spiro atoms. The Morgan fingerprint density at radius 2 is 1.46 bits per heavy atom. The molecule has 37 heavy (non-hydrogen) atoms. The van der Waals surface area contributed by atoms with Crippen LogP contribution in [0.3, 0.4) is 0 Å². The average Bonchev–Trinajstić information content (AvgIpc) is 2.90. The van der Waals surface area contributed by atoms with E-state index in [2.05, 4.69) is 0 Å². The molecule has 0 heterocycles. The molecule has 4 rings (SSSR count). The van der Waals surface area contributed by atoms with Crippen molar-refractivity contribution in [1.82, 2.24) is 0 Å². The summed E-state index contributed by atoms with van der Waals surface area (Å²) in [6, 6.07) is 27.5.